The Kier molecular flexibility index (Phi) is 5.97. The predicted octanol–water partition coefficient (Wildman–Crippen LogP) is 1.61. The number of aromatic nitrogens is 2. The lowest BCUT2D eigenvalue weighted by Gasteiger charge is -2.11. The molecule has 0 aliphatic carbocycles. The van der Waals surface area contributed by atoms with E-state index in [-0.39, 0.29) is 11.3 Å². The van der Waals surface area contributed by atoms with Crippen LogP contribution in [0.15, 0.2) is 46.9 Å². The van der Waals surface area contributed by atoms with Gasteiger partial charge in [0.05, 0.1) is 16.7 Å². The molecule has 0 amide bonds. The van der Waals surface area contributed by atoms with Crippen LogP contribution in [-0.2, 0) is 16.6 Å². The molecule has 0 fully saturated rings. The fourth-order valence-corrected chi connectivity index (χ4v) is 3.92. The van der Waals surface area contributed by atoms with E-state index in [0.29, 0.717) is 34.8 Å². The molecule has 8 heteroatoms. The average molecular weight is 353 g/mol. The summed E-state index contributed by atoms with van der Waals surface area (Å²) in [6.07, 6.45) is 2.12. The topological polar surface area (TPSA) is 81.1 Å². The first kappa shape index (κ1) is 17.7. The Morgan fingerprint density at radius 2 is 2.13 bits per heavy atom. The van der Waals surface area contributed by atoms with Crippen LogP contribution >= 0.6 is 11.8 Å². The Bertz CT molecular complexity index is 860. The molecular weight excluding hydrogens is 334 g/mol. The first-order chi connectivity index (χ1) is 11.0. The molecule has 0 aliphatic heterocycles. The number of allylic oxidation sites excluding steroid dienone is 1. The zero-order valence-corrected chi connectivity index (χ0v) is 14.5. The van der Waals surface area contributed by atoms with E-state index in [2.05, 4.69) is 16.3 Å². The van der Waals surface area contributed by atoms with Gasteiger partial charge in [-0.1, -0.05) is 30.0 Å². The highest BCUT2D eigenvalue weighted by molar-refractivity contribution is 7.99. The van der Waals surface area contributed by atoms with E-state index >= 15 is 0 Å². The van der Waals surface area contributed by atoms with E-state index in [1.165, 1.54) is 18.8 Å². The number of thioether (sulfide) groups is 1. The summed E-state index contributed by atoms with van der Waals surface area (Å²) in [6, 6.07) is 7.18. The lowest BCUT2D eigenvalue weighted by molar-refractivity contribution is 0.587. The molecular formula is C15H19N3O3S2. The fourth-order valence-electron chi connectivity index (χ4n) is 2.06. The molecule has 2 rings (SSSR count). The Labute approximate surface area is 139 Å². The number of sulfonamides is 1. The van der Waals surface area contributed by atoms with Crippen LogP contribution in [0.4, 0.5) is 0 Å². The van der Waals surface area contributed by atoms with Gasteiger partial charge in [-0.05, 0) is 25.6 Å². The van der Waals surface area contributed by atoms with E-state index < -0.39 is 10.0 Å². The second-order valence-electron chi connectivity index (χ2n) is 4.84. The van der Waals surface area contributed by atoms with Crippen LogP contribution in [-0.4, -0.2) is 36.5 Å². The SMILES string of the molecule is C=CCn1c(SCCCS(=O)(=O)NC)nc2ccccc2c1=O. The number of fused-ring (bicyclic) bond motifs is 1. The lowest BCUT2D eigenvalue weighted by Crippen LogP contribution is -2.23. The Morgan fingerprint density at radius 1 is 1.39 bits per heavy atom. The van der Waals surface area contributed by atoms with Crippen LogP contribution in [0.1, 0.15) is 6.42 Å². The van der Waals surface area contributed by atoms with Crippen molar-refractivity contribution in [2.45, 2.75) is 18.1 Å². The zero-order valence-electron chi connectivity index (χ0n) is 12.9. The minimum absolute atomic E-state index is 0.0514. The Morgan fingerprint density at radius 3 is 2.83 bits per heavy atom. The summed E-state index contributed by atoms with van der Waals surface area (Å²) in [7, 11) is -1.81. The molecule has 0 spiro atoms. The summed E-state index contributed by atoms with van der Waals surface area (Å²) in [6.45, 7) is 4.04. The van der Waals surface area contributed by atoms with Gasteiger partial charge in [0.25, 0.3) is 5.56 Å². The molecule has 0 unspecified atom stereocenters. The van der Waals surface area contributed by atoms with E-state index in [9.17, 15) is 13.2 Å². The Balaban J connectivity index is 2.23. The van der Waals surface area contributed by atoms with Gasteiger partial charge in [-0.15, -0.1) is 6.58 Å². The van der Waals surface area contributed by atoms with Crippen molar-refractivity contribution in [2.24, 2.45) is 0 Å². The molecule has 0 saturated heterocycles. The molecule has 0 aliphatic rings. The van der Waals surface area contributed by atoms with E-state index in [0.717, 1.165) is 0 Å². The third-order valence-electron chi connectivity index (χ3n) is 3.24. The van der Waals surface area contributed by atoms with E-state index in [1.807, 2.05) is 6.07 Å². The minimum Gasteiger partial charge on any atom is -0.283 e. The number of para-hydroxylation sites is 1. The largest absolute Gasteiger partial charge is 0.283 e. The molecule has 124 valence electrons. The van der Waals surface area contributed by atoms with Crippen LogP contribution in [0.3, 0.4) is 0 Å². The first-order valence-corrected chi connectivity index (χ1v) is 9.77. The first-order valence-electron chi connectivity index (χ1n) is 7.13. The van der Waals surface area contributed by atoms with Crippen molar-refractivity contribution in [2.75, 3.05) is 18.6 Å². The summed E-state index contributed by atoms with van der Waals surface area (Å²) in [5, 5.41) is 1.15. The maximum absolute atomic E-state index is 12.5. The predicted molar refractivity (Wildman–Crippen MR) is 94.4 cm³/mol. The highest BCUT2D eigenvalue weighted by Crippen LogP contribution is 2.18. The van der Waals surface area contributed by atoms with Gasteiger partial charge in [0.2, 0.25) is 10.0 Å². The fraction of sp³-hybridized carbons (Fsp3) is 0.333. The number of nitrogens with zero attached hydrogens (tertiary/aromatic N) is 2. The second-order valence-corrected chi connectivity index (χ2v) is 7.95. The number of nitrogens with one attached hydrogen (secondary N) is 1. The molecule has 0 radical (unpaired) electrons. The number of benzene rings is 1. The van der Waals surface area contributed by atoms with Crippen LogP contribution < -0.4 is 10.3 Å². The highest BCUT2D eigenvalue weighted by Gasteiger charge is 2.11. The molecule has 0 saturated carbocycles. The summed E-state index contributed by atoms with van der Waals surface area (Å²) in [5.41, 5.74) is 0.531. The van der Waals surface area contributed by atoms with Crippen LogP contribution in [0.25, 0.3) is 10.9 Å². The van der Waals surface area contributed by atoms with Gasteiger partial charge >= 0.3 is 0 Å². The van der Waals surface area contributed by atoms with Gasteiger partial charge in [0, 0.05) is 12.3 Å². The minimum atomic E-state index is -3.21. The number of hydrogen-bond donors (Lipinski definition) is 1. The summed E-state index contributed by atoms with van der Waals surface area (Å²) in [5.74, 6) is 0.610. The van der Waals surface area contributed by atoms with Crippen molar-refractivity contribution in [1.29, 1.82) is 0 Å². The Hall–Kier alpha value is -1.64. The maximum Gasteiger partial charge on any atom is 0.262 e. The molecule has 1 aromatic heterocycles. The van der Waals surface area contributed by atoms with Crippen molar-refractivity contribution in [3.63, 3.8) is 0 Å². The van der Waals surface area contributed by atoms with Crippen molar-refractivity contribution in [3.05, 3.63) is 47.3 Å². The highest BCUT2D eigenvalue weighted by atomic mass is 32.2. The van der Waals surface area contributed by atoms with E-state index in [4.69, 9.17) is 0 Å². The molecule has 23 heavy (non-hydrogen) atoms. The monoisotopic (exact) mass is 353 g/mol. The van der Waals surface area contributed by atoms with Crippen molar-refractivity contribution in [1.82, 2.24) is 14.3 Å². The van der Waals surface area contributed by atoms with Gasteiger partial charge in [0.1, 0.15) is 0 Å². The van der Waals surface area contributed by atoms with Gasteiger partial charge in [-0.25, -0.2) is 18.1 Å². The third-order valence-corrected chi connectivity index (χ3v) is 5.75. The van der Waals surface area contributed by atoms with E-state index in [1.54, 1.807) is 28.8 Å². The quantitative estimate of drug-likeness (QED) is 0.337. The van der Waals surface area contributed by atoms with Crippen molar-refractivity contribution >= 4 is 32.7 Å². The van der Waals surface area contributed by atoms with Gasteiger partial charge in [0.15, 0.2) is 5.16 Å². The molecule has 6 nitrogen and oxygen atoms in total. The third kappa shape index (κ3) is 4.43. The lowest BCUT2D eigenvalue weighted by atomic mass is 10.2. The standard InChI is InChI=1S/C15H19N3O3S2/c1-3-9-18-14(19)12-7-4-5-8-13(12)17-15(18)22-10-6-11-23(20,21)16-2/h3-5,7-8,16H,1,6,9-11H2,2H3. The van der Waals surface area contributed by atoms with Crippen LogP contribution in [0.2, 0.25) is 0 Å². The molecule has 1 N–H and O–H groups in total. The van der Waals surface area contributed by atoms with Gasteiger partial charge in [-0.3, -0.25) is 9.36 Å². The number of rotatable bonds is 8. The summed E-state index contributed by atoms with van der Waals surface area (Å²) >= 11 is 1.38. The molecule has 2 aromatic rings. The van der Waals surface area contributed by atoms with Crippen LogP contribution in [0, 0.1) is 0 Å². The second kappa shape index (κ2) is 7.76. The average Bonchev–Trinajstić information content (AvgIpc) is 2.55. The molecule has 1 heterocycles. The smallest absolute Gasteiger partial charge is 0.262 e. The van der Waals surface area contributed by atoms with Crippen LogP contribution in [0.5, 0.6) is 0 Å². The molecule has 0 bridgehead atoms. The van der Waals surface area contributed by atoms with Gasteiger partial charge in [-0.2, -0.15) is 0 Å². The molecule has 1 aromatic carbocycles. The van der Waals surface area contributed by atoms with Crippen molar-refractivity contribution in [3.8, 4) is 0 Å². The molecule has 0 atom stereocenters. The zero-order chi connectivity index (χ0) is 16.9. The summed E-state index contributed by atoms with van der Waals surface area (Å²) < 4.78 is 26.7. The van der Waals surface area contributed by atoms with Crippen molar-refractivity contribution < 1.29 is 8.42 Å². The summed E-state index contributed by atoms with van der Waals surface area (Å²) in [4.78, 5) is 17.1. The van der Waals surface area contributed by atoms with Gasteiger partial charge < -0.3 is 0 Å². The number of hydrogen-bond acceptors (Lipinski definition) is 5. The normalized spacial score (nSPS) is 11.7. The maximum atomic E-state index is 12.5.